The van der Waals surface area contributed by atoms with Gasteiger partial charge in [-0.2, -0.15) is 5.26 Å². The van der Waals surface area contributed by atoms with Crippen LogP contribution in [-0.4, -0.2) is 21.3 Å². The molecule has 0 radical (unpaired) electrons. The molecule has 23 heavy (non-hydrogen) atoms. The van der Waals surface area contributed by atoms with E-state index in [0.29, 0.717) is 22.9 Å². The Morgan fingerprint density at radius 2 is 1.61 bits per heavy atom. The molecule has 0 atom stereocenters. The van der Waals surface area contributed by atoms with Crippen molar-refractivity contribution in [2.75, 3.05) is 27.1 Å². The van der Waals surface area contributed by atoms with Gasteiger partial charge in [0.1, 0.15) is 17.2 Å². The number of rotatable bonds is 5. The Hall–Kier alpha value is -3.13. The van der Waals surface area contributed by atoms with E-state index < -0.39 is 0 Å². The number of benzene rings is 2. The molecule has 0 saturated carbocycles. The Labute approximate surface area is 135 Å². The van der Waals surface area contributed by atoms with Crippen molar-refractivity contribution in [3.05, 3.63) is 53.6 Å². The van der Waals surface area contributed by atoms with E-state index in [-0.39, 0.29) is 0 Å². The Morgan fingerprint density at radius 3 is 2.09 bits per heavy atom. The van der Waals surface area contributed by atoms with E-state index in [4.69, 9.17) is 25.2 Å². The van der Waals surface area contributed by atoms with Crippen LogP contribution in [0.4, 0.5) is 5.69 Å². The smallest absolute Gasteiger partial charge is 0.141 e. The molecule has 0 aliphatic heterocycles. The van der Waals surface area contributed by atoms with Crippen LogP contribution < -0.4 is 19.9 Å². The first-order valence-corrected chi connectivity index (χ1v) is 6.90. The molecule has 0 heterocycles. The maximum atomic E-state index is 9.14. The van der Waals surface area contributed by atoms with E-state index in [1.54, 1.807) is 39.5 Å². The highest BCUT2D eigenvalue weighted by Gasteiger charge is 2.11. The summed E-state index contributed by atoms with van der Waals surface area (Å²) in [4.78, 5) is 0. The molecule has 5 nitrogen and oxygen atoms in total. The predicted octanol–water partition coefficient (Wildman–Crippen LogP) is 3.25. The average Bonchev–Trinajstić information content (AvgIpc) is 2.59. The molecule has 2 rings (SSSR count). The summed E-state index contributed by atoms with van der Waals surface area (Å²) in [5.74, 6) is 1.88. The van der Waals surface area contributed by atoms with Crippen LogP contribution in [0.5, 0.6) is 17.2 Å². The molecule has 0 amide bonds. The Bertz CT molecular complexity index is 754. The second kappa shape index (κ2) is 7.23. The topological polar surface area (TPSA) is 77.5 Å². The first-order chi connectivity index (χ1) is 11.1. The van der Waals surface area contributed by atoms with Gasteiger partial charge in [-0.25, -0.2) is 0 Å². The molecule has 2 aromatic carbocycles. The third kappa shape index (κ3) is 3.55. The largest absolute Gasteiger partial charge is 0.497 e. The van der Waals surface area contributed by atoms with E-state index in [9.17, 15) is 0 Å². The quantitative estimate of drug-likeness (QED) is 0.677. The highest BCUT2D eigenvalue weighted by Crippen LogP contribution is 2.33. The van der Waals surface area contributed by atoms with Crippen LogP contribution >= 0.6 is 0 Å². The first-order valence-electron chi connectivity index (χ1n) is 6.90. The Morgan fingerprint density at radius 1 is 0.957 bits per heavy atom. The zero-order valence-electron chi connectivity index (χ0n) is 13.3. The fraction of sp³-hybridized carbons (Fsp3) is 0.167. The van der Waals surface area contributed by atoms with Gasteiger partial charge in [-0.3, -0.25) is 0 Å². The van der Waals surface area contributed by atoms with Crippen LogP contribution in [0.15, 0.2) is 42.5 Å². The number of nitrogens with two attached hydrogens (primary N) is 1. The molecule has 0 bridgehead atoms. The van der Waals surface area contributed by atoms with Gasteiger partial charge in [-0.1, -0.05) is 6.07 Å². The minimum Gasteiger partial charge on any atom is -0.497 e. The number of nitriles is 1. The molecular weight excluding hydrogens is 292 g/mol. The SMILES string of the molecule is COc1cc(OC)cc(C(=CC#N)c2ccc(OC)c(N)c2)c1. The summed E-state index contributed by atoms with van der Waals surface area (Å²) < 4.78 is 15.7. The summed E-state index contributed by atoms with van der Waals surface area (Å²) in [5.41, 5.74) is 8.80. The van der Waals surface area contributed by atoms with Crippen molar-refractivity contribution in [2.24, 2.45) is 0 Å². The van der Waals surface area contributed by atoms with Gasteiger partial charge in [0.25, 0.3) is 0 Å². The van der Waals surface area contributed by atoms with Gasteiger partial charge in [0.05, 0.1) is 33.1 Å². The maximum Gasteiger partial charge on any atom is 0.141 e. The second-order valence-electron chi connectivity index (χ2n) is 4.75. The highest BCUT2D eigenvalue weighted by molar-refractivity contribution is 5.84. The molecule has 0 unspecified atom stereocenters. The fourth-order valence-electron chi connectivity index (χ4n) is 2.26. The molecule has 2 N–H and O–H groups in total. The number of hydrogen-bond acceptors (Lipinski definition) is 5. The van der Waals surface area contributed by atoms with Crippen LogP contribution in [0.2, 0.25) is 0 Å². The molecular formula is C18H18N2O3. The van der Waals surface area contributed by atoms with Gasteiger partial charge >= 0.3 is 0 Å². The number of methoxy groups -OCH3 is 3. The van der Waals surface area contributed by atoms with Crippen molar-refractivity contribution in [3.8, 4) is 23.3 Å². The highest BCUT2D eigenvalue weighted by atomic mass is 16.5. The lowest BCUT2D eigenvalue weighted by molar-refractivity contribution is 0.394. The second-order valence-corrected chi connectivity index (χ2v) is 4.75. The summed E-state index contributed by atoms with van der Waals surface area (Å²) in [6.07, 6.45) is 1.47. The molecule has 0 aliphatic rings. The first kappa shape index (κ1) is 16.2. The Kier molecular flexibility index (Phi) is 5.11. The standard InChI is InChI=1S/C18H18N2O3/c1-21-14-8-13(9-15(11-14)22-2)16(6-7-19)12-4-5-18(23-3)17(20)10-12/h4-6,8-11H,20H2,1-3H3. The molecule has 0 aliphatic carbocycles. The zero-order chi connectivity index (χ0) is 16.8. The number of hydrogen-bond donors (Lipinski definition) is 1. The normalized spacial score (nSPS) is 10.8. The van der Waals surface area contributed by atoms with E-state index in [2.05, 4.69) is 6.07 Å². The third-order valence-electron chi connectivity index (χ3n) is 3.41. The predicted molar refractivity (Wildman–Crippen MR) is 89.6 cm³/mol. The van der Waals surface area contributed by atoms with Gasteiger partial charge in [0.2, 0.25) is 0 Å². The lowest BCUT2D eigenvalue weighted by Gasteiger charge is -2.13. The van der Waals surface area contributed by atoms with E-state index in [0.717, 1.165) is 16.7 Å². The number of ether oxygens (including phenoxy) is 3. The van der Waals surface area contributed by atoms with Gasteiger partial charge in [0, 0.05) is 12.1 Å². The zero-order valence-corrected chi connectivity index (χ0v) is 13.3. The minimum atomic E-state index is 0.503. The van der Waals surface area contributed by atoms with Crippen molar-refractivity contribution in [2.45, 2.75) is 0 Å². The molecule has 0 fully saturated rings. The summed E-state index contributed by atoms with van der Waals surface area (Å²) in [6.45, 7) is 0. The lowest BCUT2D eigenvalue weighted by atomic mass is 9.96. The molecule has 0 spiro atoms. The average molecular weight is 310 g/mol. The monoisotopic (exact) mass is 310 g/mol. The molecule has 2 aromatic rings. The van der Waals surface area contributed by atoms with E-state index in [1.807, 2.05) is 18.2 Å². The molecule has 118 valence electrons. The Balaban J connectivity index is 2.58. The van der Waals surface area contributed by atoms with Gasteiger partial charge in [0.15, 0.2) is 0 Å². The van der Waals surface area contributed by atoms with Crippen LogP contribution in [0.1, 0.15) is 11.1 Å². The molecule has 5 heteroatoms. The van der Waals surface area contributed by atoms with Crippen molar-refractivity contribution in [3.63, 3.8) is 0 Å². The van der Waals surface area contributed by atoms with Crippen LogP contribution in [0.3, 0.4) is 0 Å². The van der Waals surface area contributed by atoms with Crippen LogP contribution in [-0.2, 0) is 0 Å². The molecule has 0 aromatic heterocycles. The number of nitrogens with zero attached hydrogens (tertiary/aromatic N) is 1. The summed E-state index contributed by atoms with van der Waals surface area (Å²) in [7, 11) is 4.72. The summed E-state index contributed by atoms with van der Waals surface area (Å²) in [5, 5.41) is 9.14. The molecule has 0 saturated heterocycles. The third-order valence-corrected chi connectivity index (χ3v) is 3.41. The van der Waals surface area contributed by atoms with Crippen molar-refractivity contribution in [1.82, 2.24) is 0 Å². The van der Waals surface area contributed by atoms with Gasteiger partial charge in [-0.15, -0.1) is 0 Å². The number of allylic oxidation sites excluding steroid dienone is 1. The summed E-state index contributed by atoms with van der Waals surface area (Å²) >= 11 is 0. The van der Waals surface area contributed by atoms with E-state index in [1.165, 1.54) is 6.08 Å². The van der Waals surface area contributed by atoms with Gasteiger partial charge < -0.3 is 19.9 Å². The van der Waals surface area contributed by atoms with Gasteiger partial charge in [-0.05, 0) is 41.0 Å². The van der Waals surface area contributed by atoms with Crippen molar-refractivity contribution in [1.29, 1.82) is 5.26 Å². The fourth-order valence-corrected chi connectivity index (χ4v) is 2.26. The summed E-state index contributed by atoms with van der Waals surface area (Å²) in [6, 6.07) is 12.9. The van der Waals surface area contributed by atoms with Crippen molar-refractivity contribution >= 4 is 11.3 Å². The minimum absolute atomic E-state index is 0.503. The van der Waals surface area contributed by atoms with Crippen molar-refractivity contribution < 1.29 is 14.2 Å². The van der Waals surface area contributed by atoms with Crippen LogP contribution in [0.25, 0.3) is 5.57 Å². The van der Waals surface area contributed by atoms with E-state index >= 15 is 0 Å². The maximum absolute atomic E-state index is 9.14. The number of anilines is 1. The van der Waals surface area contributed by atoms with Crippen LogP contribution in [0, 0.1) is 11.3 Å². The lowest BCUT2D eigenvalue weighted by Crippen LogP contribution is -1.96. The number of nitrogen functional groups attached to an aromatic ring is 1.